The zero-order valence-electron chi connectivity index (χ0n) is 6.67. The molecule has 1 aromatic rings. The Labute approximate surface area is 82.4 Å². The molecule has 1 aliphatic carbocycles. The quantitative estimate of drug-likeness (QED) is 0.666. The highest BCUT2D eigenvalue weighted by molar-refractivity contribution is 9.10. The van der Waals surface area contributed by atoms with E-state index >= 15 is 0 Å². The lowest BCUT2D eigenvalue weighted by atomic mass is 9.96. The van der Waals surface area contributed by atoms with Crippen LogP contribution in [0.25, 0.3) is 0 Å². The number of H-pyrrole nitrogens is 1. The van der Waals surface area contributed by atoms with Gasteiger partial charge in [0.2, 0.25) is 0 Å². The Hall–Kier alpha value is -0.880. The fourth-order valence-corrected chi connectivity index (χ4v) is 2.33. The minimum absolute atomic E-state index is 0.421. The summed E-state index contributed by atoms with van der Waals surface area (Å²) in [6.45, 7) is 0. The molecule has 0 radical (unpaired) electrons. The van der Waals surface area contributed by atoms with Gasteiger partial charge in [0.05, 0.1) is 0 Å². The fraction of sp³-hybridized carbons (Fsp3) is 0.429. The lowest BCUT2D eigenvalue weighted by Crippen LogP contribution is -2.42. The Balaban J connectivity index is 2.59. The van der Waals surface area contributed by atoms with Gasteiger partial charge in [-0.1, -0.05) is 0 Å². The van der Waals surface area contributed by atoms with Crippen molar-refractivity contribution in [1.82, 2.24) is 10.2 Å². The normalized spacial score (nSPS) is 26.0. The van der Waals surface area contributed by atoms with E-state index in [4.69, 9.17) is 10.8 Å². The summed E-state index contributed by atoms with van der Waals surface area (Å²) in [7, 11) is 0. The fourth-order valence-electron chi connectivity index (χ4n) is 1.65. The van der Waals surface area contributed by atoms with Gasteiger partial charge in [-0.15, -0.1) is 0 Å². The van der Waals surface area contributed by atoms with Gasteiger partial charge in [-0.05, 0) is 28.8 Å². The van der Waals surface area contributed by atoms with Crippen molar-refractivity contribution in [2.45, 2.75) is 18.4 Å². The molecular weight excluding hydrogens is 238 g/mol. The molecule has 70 valence electrons. The predicted octanol–water partition coefficient (Wildman–Crippen LogP) is 0.357. The summed E-state index contributed by atoms with van der Waals surface area (Å²) < 4.78 is 0.505. The van der Waals surface area contributed by atoms with Crippen molar-refractivity contribution in [3.63, 3.8) is 0 Å². The molecule has 1 atom stereocenters. The molecule has 4 N–H and O–H groups in total. The number of fused-ring (bicyclic) bond motifs is 1. The minimum Gasteiger partial charge on any atom is -0.480 e. The number of hydrogen-bond donors (Lipinski definition) is 3. The molecule has 2 rings (SSSR count). The lowest BCUT2D eigenvalue weighted by molar-refractivity contribution is -0.143. The first-order valence-electron chi connectivity index (χ1n) is 3.81. The number of nitrogens with zero attached hydrogens (tertiary/aromatic N) is 1. The van der Waals surface area contributed by atoms with Crippen LogP contribution in [0.1, 0.15) is 17.7 Å². The Morgan fingerprint density at radius 2 is 2.46 bits per heavy atom. The molecule has 13 heavy (non-hydrogen) atoms. The van der Waals surface area contributed by atoms with Crippen LogP contribution in [0.3, 0.4) is 0 Å². The number of carbonyl (C=O) groups is 1. The van der Waals surface area contributed by atoms with Gasteiger partial charge < -0.3 is 10.8 Å². The summed E-state index contributed by atoms with van der Waals surface area (Å²) in [6, 6.07) is 0. The number of aryl methyl sites for hydroxylation is 1. The number of halogens is 1. The summed E-state index contributed by atoms with van der Waals surface area (Å²) >= 11 is 3.18. The molecule has 1 aliphatic rings. The maximum atomic E-state index is 10.9. The van der Waals surface area contributed by atoms with E-state index in [1.165, 1.54) is 0 Å². The SMILES string of the molecule is NC1(C(=O)O)CCc2[nH]nc(Br)c21. The minimum atomic E-state index is -1.28. The molecule has 0 amide bonds. The zero-order valence-corrected chi connectivity index (χ0v) is 8.26. The van der Waals surface area contributed by atoms with Gasteiger partial charge in [-0.3, -0.25) is 5.10 Å². The molecule has 0 saturated carbocycles. The van der Waals surface area contributed by atoms with Crippen LogP contribution >= 0.6 is 15.9 Å². The Morgan fingerprint density at radius 3 is 3.08 bits per heavy atom. The summed E-state index contributed by atoms with van der Waals surface area (Å²) in [5.74, 6) is -1.01. The number of aliphatic carboxylic acids is 1. The van der Waals surface area contributed by atoms with Crippen molar-refractivity contribution in [2.75, 3.05) is 0 Å². The van der Waals surface area contributed by atoms with Gasteiger partial charge in [0, 0.05) is 11.3 Å². The molecule has 0 aromatic carbocycles. The van der Waals surface area contributed by atoms with Crippen LogP contribution in [0.4, 0.5) is 0 Å². The van der Waals surface area contributed by atoms with E-state index in [0.29, 0.717) is 23.0 Å². The van der Waals surface area contributed by atoms with Crippen molar-refractivity contribution in [2.24, 2.45) is 5.73 Å². The second-order valence-electron chi connectivity index (χ2n) is 3.14. The number of nitrogens with two attached hydrogens (primary N) is 1. The highest BCUT2D eigenvalue weighted by Crippen LogP contribution is 2.38. The third kappa shape index (κ3) is 1.02. The predicted molar refractivity (Wildman–Crippen MR) is 48.1 cm³/mol. The van der Waals surface area contributed by atoms with Gasteiger partial charge in [-0.25, -0.2) is 4.79 Å². The largest absolute Gasteiger partial charge is 0.480 e. The molecule has 0 fully saturated rings. The van der Waals surface area contributed by atoms with Crippen molar-refractivity contribution in [1.29, 1.82) is 0 Å². The van der Waals surface area contributed by atoms with Crippen molar-refractivity contribution in [3.05, 3.63) is 15.9 Å². The van der Waals surface area contributed by atoms with Crippen LogP contribution in [0, 0.1) is 0 Å². The molecule has 6 heteroatoms. The molecule has 0 bridgehead atoms. The molecule has 5 nitrogen and oxygen atoms in total. The smallest absolute Gasteiger partial charge is 0.328 e. The first kappa shape index (κ1) is 8.71. The van der Waals surface area contributed by atoms with Crippen molar-refractivity contribution in [3.8, 4) is 0 Å². The van der Waals surface area contributed by atoms with E-state index in [-0.39, 0.29) is 0 Å². The third-order valence-electron chi connectivity index (χ3n) is 2.39. The number of nitrogens with one attached hydrogen (secondary N) is 1. The lowest BCUT2D eigenvalue weighted by Gasteiger charge is -2.17. The average molecular weight is 246 g/mol. The second-order valence-corrected chi connectivity index (χ2v) is 3.90. The highest BCUT2D eigenvalue weighted by Gasteiger charge is 2.45. The van der Waals surface area contributed by atoms with Gasteiger partial charge >= 0.3 is 5.97 Å². The monoisotopic (exact) mass is 245 g/mol. The average Bonchev–Trinajstić information content (AvgIpc) is 2.57. The number of aromatic nitrogens is 2. The van der Waals surface area contributed by atoms with E-state index in [1.54, 1.807) is 0 Å². The van der Waals surface area contributed by atoms with Crippen LogP contribution in [-0.4, -0.2) is 21.3 Å². The maximum Gasteiger partial charge on any atom is 0.328 e. The van der Waals surface area contributed by atoms with Crippen LogP contribution in [-0.2, 0) is 16.8 Å². The van der Waals surface area contributed by atoms with Crippen molar-refractivity contribution < 1.29 is 9.90 Å². The number of hydrogen-bond acceptors (Lipinski definition) is 3. The van der Waals surface area contributed by atoms with E-state index in [1.807, 2.05) is 0 Å². The molecular formula is C7H8BrN3O2. The standard InChI is InChI=1S/C7H8BrN3O2/c8-5-4-3(10-11-5)1-2-7(4,9)6(12)13/h1-2,9H2,(H,10,11)(H,12,13). The summed E-state index contributed by atoms with van der Waals surface area (Å²) in [6.07, 6.45) is 1.06. The van der Waals surface area contributed by atoms with Gasteiger partial charge in [0.1, 0.15) is 10.1 Å². The van der Waals surface area contributed by atoms with E-state index in [2.05, 4.69) is 26.1 Å². The molecule has 1 aromatic heterocycles. The number of carboxylic acids is 1. The summed E-state index contributed by atoms with van der Waals surface area (Å²) in [4.78, 5) is 10.9. The zero-order chi connectivity index (χ0) is 9.64. The van der Waals surface area contributed by atoms with Crippen LogP contribution in [0.15, 0.2) is 4.60 Å². The third-order valence-corrected chi connectivity index (χ3v) is 2.97. The number of carboxylic acid groups (broad SMARTS) is 1. The van der Waals surface area contributed by atoms with Gasteiger partial charge in [0.25, 0.3) is 0 Å². The van der Waals surface area contributed by atoms with E-state index in [0.717, 1.165) is 5.69 Å². The Bertz CT molecular complexity index is 376. The molecule has 0 spiro atoms. The topological polar surface area (TPSA) is 92.0 Å². The first-order chi connectivity index (χ1) is 6.05. The molecule has 0 saturated heterocycles. The molecule has 1 unspecified atom stereocenters. The number of aromatic amines is 1. The first-order valence-corrected chi connectivity index (χ1v) is 4.60. The van der Waals surface area contributed by atoms with Crippen LogP contribution in [0.2, 0.25) is 0 Å². The van der Waals surface area contributed by atoms with Crippen LogP contribution in [0.5, 0.6) is 0 Å². The van der Waals surface area contributed by atoms with Crippen LogP contribution < -0.4 is 5.73 Å². The van der Waals surface area contributed by atoms with Gasteiger partial charge in [0.15, 0.2) is 0 Å². The summed E-state index contributed by atoms with van der Waals surface area (Å²) in [5, 5.41) is 15.6. The molecule has 1 heterocycles. The molecule has 0 aliphatic heterocycles. The van der Waals surface area contributed by atoms with E-state index < -0.39 is 11.5 Å². The second kappa shape index (κ2) is 2.55. The Morgan fingerprint density at radius 1 is 1.77 bits per heavy atom. The van der Waals surface area contributed by atoms with Crippen molar-refractivity contribution >= 4 is 21.9 Å². The maximum absolute atomic E-state index is 10.9. The van der Waals surface area contributed by atoms with Gasteiger partial charge in [-0.2, -0.15) is 5.10 Å². The Kier molecular flexibility index (Phi) is 1.71. The van der Waals surface area contributed by atoms with E-state index in [9.17, 15) is 4.79 Å². The highest BCUT2D eigenvalue weighted by atomic mass is 79.9. The number of rotatable bonds is 1. The summed E-state index contributed by atoms with van der Waals surface area (Å²) in [5.41, 5.74) is 5.89.